The molecular weight excluding hydrogens is 257 g/mol. The summed E-state index contributed by atoms with van der Waals surface area (Å²) in [6.07, 6.45) is 0. The van der Waals surface area contributed by atoms with Gasteiger partial charge in [-0.3, -0.25) is 9.89 Å². The first-order valence-corrected chi connectivity index (χ1v) is 5.65. The number of carbonyl (C=O) groups excluding carboxylic acids is 1. The zero-order chi connectivity index (χ0) is 13.3. The molecule has 4 nitrogen and oxygen atoms in total. The van der Waals surface area contributed by atoms with Crippen LogP contribution in [0.1, 0.15) is 21.7 Å². The van der Waals surface area contributed by atoms with Gasteiger partial charge in [-0.1, -0.05) is 11.6 Å². The summed E-state index contributed by atoms with van der Waals surface area (Å²) in [5.41, 5.74) is 2.34. The van der Waals surface area contributed by atoms with E-state index in [4.69, 9.17) is 11.6 Å². The SMILES string of the molecule is Cc1[nH]nc(C(=O)Nc2ccc(F)c(Cl)c2)c1C. The fourth-order valence-corrected chi connectivity index (χ4v) is 1.65. The second kappa shape index (κ2) is 4.78. The van der Waals surface area contributed by atoms with E-state index in [1.54, 1.807) is 6.92 Å². The Morgan fingerprint density at radius 3 is 2.72 bits per heavy atom. The first-order chi connectivity index (χ1) is 8.49. The molecule has 0 saturated carbocycles. The Labute approximate surface area is 108 Å². The van der Waals surface area contributed by atoms with E-state index in [0.29, 0.717) is 11.4 Å². The Morgan fingerprint density at radius 2 is 2.17 bits per heavy atom. The number of hydrogen-bond donors (Lipinski definition) is 2. The highest BCUT2D eigenvalue weighted by Crippen LogP contribution is 2.20. The third kappa shape index (κ3) is 2.36. The molecule has 0 atom stereocenters. The number of amides is 1. The van der Waals surface area contributed by atoms with E-state index in [-0.39, 0.29) is 10.9 Å². The van der Waals surface area contributed by atoms with E-state index >= 15 is 0 Å². The Kier molecular flexibility index (Phi) is 3.34. The van der Waals surface area contributed by atoms with Gasteiger partial charge in [0, 0.05) is 16.9 Å². The average Bonchev–Trinajstić information content (AvgIpc) is 2.65. The van der Waals surface area contributed by atoms with Gasteiger partial charge in [0.2, 0.25) is 0 Å². The Hall–Kier alpha value is -1.88. The van der Waals surface area contributed by atoms with Gasteiger partial charge in [0.1, 0.15) is 5.82 Å². The number of aryl methyl sites for hydroxylation is 1. The summed E-state index contributed by atoms with van der Waals surface area (Å²) < 4.78 is 13.0. The van der Waals surface area contributed by atoms with Crippen LogP contribution in [-0.2, 0) is 0 Å². The van der Waals surface area contributed by atoms with Gasteiger partial charge in [-0.25, -0.2) is 4.39 Å². The predicted molar refractivity (Wildman–Crippen MR) is 67.4 cm³/mol. The van der Waals surface area contributed by atoms with Gasteiger partial charge in [-0.05, 0) is 32.0 Å². The van der Waals surface area contributed by atoms with Crippen LogP contribution in [0.3, 0.4) is 0 Å². The zero-order valence-electron chi connectivity index (χ0n) is 9.84. The minimum Gasteiger partial charge on any atom is -0.321 e. The van der Waals surface area contributed by atoms with Crippen molar-refractivity contribution in [1.29, 1.82) is 0 Å². The standard InChI is InChI=1S/C12H11ClFN3O/c1-6-7(2)16-17-11(6)12(18)15-8-3-4-10(14)9(13)5-8/h3-5H,1-2H3,(H,15,18)(H,16,17). The minimum atomic E-state index is -0.526. The summed E-state index contributed by atoms with van der Waals surface area (Å²) in [4.78, 5) is 11.9. The lowest BCUT2D eigenvalue weighted by Crippen LogP contribution is -2.13. The van der Waals surface area contributed by atoms with Gasteiger partial charge in [-0.2, -0.15) is 5.10 Å². The molecule has 94 valence electrons. The van der Waals surface area contributed by atoms with Crippen molar-refractivity contribution in [3.8, 4) is 0 Å². The zero-order valence-corrected chi connectivity index (χ0v) is 10.6. The van der Waals surface area contributed by atoms with E-state index in [2.05, 4.69) is 15.5 Å². The highest BCUT2D eigenvalue weighted by molar-refractivity contribution is 6.31. The van der Waals surface area contributed by atoms with Crippen LogP contribution in [0.25, 0.3) is 0 Å². The fraction of sp³-hybridized carbons (Fsp3) is 0.167. The lowest BCUT2D eigenvalue weighted by atomic mass is 10.2. The molecule has 0 aliphatic heterocycles. The van der Waals surface area contributed by atoms with Crippen LogP contribution in [0.2, 0.25) is 5.02 Å². The molecule has 0 fully saturated rings. The van der Waals surface area contributed by atoms with Gasteiger partial charge >= 0.3 is 0 Å². The largest absolute Gasteiger partial charge is 0.321 e. The summed E-state index contributed by atoms with van der Waals surface area (Å²) in [7, 11) is 0. The number of rotatable bonds is 2. The van der Waals surface area contributed by atoms with E-state index in [0.717, 1.165) is 11.3 Å². The molecule has 0 unspecified atom stereocenters. The molecule has 1 aromatic carbocycles. The van der Waals surface area contributed by atoms with Crippen molar-refractivity contribution in [2.45, 2.75) is 13.8 Å². The number of benzene rings is 1. The highest BCUT2D eigenvalue weighted by atomic mass is 35.5. The van der Waals surface area contributed by atoms with Crippen LogP contribution in [0.4, 0.5) is 10.1 Å². The van der Waals surface area contributed by atoms with Crippen molar-refractivity contribution in [2.24, 2.45) is 0 Å². The Morgan fingerprint density at radius 1 is 1.44 bits per heavy atom. The molecule has 0 aliphatic rings. The van der Waals surface area contributed by atoms with Gasteiger partial charge in [0.05, 0.1) is 5.02 Å². The number of halogens is 2. The lowest BCUT2D eigenvalue weighted by Gasteiger charge is -2.04. The molecule has 18 heavy (non-hydrogen) atoms. The van der Waals surface area contributed by atoms with Gasteiger partial charge in [0.25, 0.3) is 5.91 Å². The molecule has 2 N–H and O–H groups in total. The van der Waals surface area contributed by atoms with Crippen molar-refractivity contribution in [1.82, 2.24) is 10.2 Å². The molecule has 6 heteroatoms. The summed E-state index contributed by atoms with van der Waals surface area (Å²) in [5, 5.41) is 9.20. The number of nitrogens with zero attached hydrogens (tertiary/aromatic N) is 1. The molecule has 2 rings (SSSR count). The monoisotopic (exact) mass is 267 g/mol. The number of anilines is 1. The third-order valence-electron chi connectivity index (χ3n) is 2.65. The van der Waals surface area contributed by atoms with E-state index in [1.807, 2.05) is 6.92 Å². The quantitative estimate of drug-likeness (QED) is 0.878. The van der Waals surface area contributed by atoms with Crippen LogP contribution < -0.4 is 5.32 Å². The molecular formula is C12H11ClFN3O. The van der Waals surface area contributed by atoms with Gasteiger partial charge in [-0.15, -0.1) is 0 Å². The maximum atomic E-state index is 13.0. The molecule has 0 spiro atoms. The van der Waals surface area contributed by atoms with Crippen LogP contribution in [0, 0.1) is 19.7 Å². The first-order valence-electron chi connectivity index (χ1n) is 5.27. The second-order valence-corrected chi connectivity index (χ2v) is 4.31. The van der Waals surface area contributed by atoms with E-state index in [1.165, 1.54) is 18.2 Å². The smallest absolute Gasteiger partial charge is 0.276 e. The number of hydrogen-bond acceptors (Lipinski definition) is 2. The second-order valence-electron chi connectivity index (χ2n) is 3.91. The van der Waals surface area contributed by atoms with Crippen molar-refractivity contribution in [3.05, 3.63) is 46.0 Å². The fourth-order valence-electron chi connectivity index (χ4n) is 1.47. The molecule has 1 amide bonds. The van der Waals surface area contributed by atoms with E-state index in [9.17, 15) is 9.18 Å². The molecule has 2 aromatic rings. The summed E-state index contributed by atoms with van der Waals surface area (Å²) in [6, 6.07) is 3.98. The molecule has 0 bridgehead atoms. The number of H-pyrrole nitrogens is 1. The summed E-state index contributed by atoms with van der Waals surface area (Å²) in [5.74, 6) is -0.888. The topological polar surface area (TPSA) is 57.8 Å². The minimum absolute atomic E-state index is 0.0391. The first kappa shape index (κ1) is 12.6. The normalized spacial score (nSPS) is 10.4. The average molecular weight is 268 g/mol. The molecule has 0 saturated heterocycles. The molecule has 1 aromatic heterocycles. The summed E-state index contributed by atoms with van der Waals surface area (Å²) in [6.45, 7) is 3.62. The predicted octanol–water partition coefficient (Wildman–Crippen LogP) is 3.07. The number of aromatic amines is 1. The maximum absolute atomic E-state index is 13.0. The van der Waals surface area contributed by atoms with Crippen LogP contribution in [-0.4, -0.2) is 16.1 Å². The summed E-state index contributed by atoms with van der Waals surface area (Å²) >= 11 is 5.63. The van der Waals surface area contributed by atoms with Crippen LogP contribution in [0.5, 0.6) is 0 Å². The van der Waals surface area contributed by atoms with Crippen molar-refractivity contribution in [2.75, 3.05) is 5.32 Å². The van der Waals surface area contributed by atoms with Crippen molar-refractivity contribution < 1.29 is 9.18 Å². The Balaban J connectivity index is 2.21. The molecule has 0 radical (unpaired) electrons. The van der Waals surface area contributed by atoms with Gasteiger partial charge < -0.3 is 5.32 Å². The molecule has 0 aliphatic carbocycles. The van der Waals surface area contributed by atoms with Crippen LogP contribution in [0.15, 0.2) is 18.2 Å². The van der Waals surface area contributed by atoms with Crippen molar-refractivity contribution >= 4 is 23.2 Å². The number of aromatic nitrogens is 2. The number of carbonyl (C=O) groups is 1. The maximum Gasteiger partial charge on any atom is 0.276 e. The molecule has 1 heterocycles. The highest BCUT2D eigenvalue weighted by Gasteiger charge is 2.14. The Bertz CT molecular complexity index is 609. The van der Waals surface area contributed by atoms with E-state index < -0.39 is 5.82 Å². The van der Waals surface area contributed by atoms with Crippen molar-refractivity contribution in [3.63, 3.8) is 0 Å². The van der Waals surface area contributed by atoms with Gasteiger partial charge in [0.15, 0.2) is 5.69 Å². The lowest BCUT2D eigenvalue weighted by molar-refractivity contribution is 0.102. The number of nitrogens with one attached hydrogen (secondary N) is 2. The third-order valence-corrected chi connectivity index (χ3v) is 2.94. The van der Waals surface area contributed by atoms with Crippen LogP contribution >= 0.6 is 11.6 Å².